The molecule has 148 valence electrons. The fraction of sp³-hybridized carbons (Fsp3) is 0.417. The van der Waals surface area contributed by atoms with Gasteiger partial charge in [0.15, 0.2) is 6.10 Å². The summed E-state index contributed by atoms with van der Waals surface area (Å²) in [7, 11) is 0. The molecule has 28 heavy (non-hydrogen) atoms. The van der Waals surface area contributed by atoms with Crippen molar-refractivity contribution >= 4 is 11.6 Å². The molecule has 0 N–H and O–H groups in total. The first-order valence-electron chi connectivity index (χ1n) is 9.92. The number of hydrogen-bond acceptors (Lipinski definition) is 3. The van der Waals surface area contributed by atoms with E-state index in [4.69, 9.17) is 4.84 Å². The molecular weight excluding hydrogens is 348 g/mol. The highest BCUT2D eigenvalue weighted by molar-refractivity contribution is 6.02. The van der Waals surface area contributed by atoms with E-state index < -0.39 is 0 Å². The number of benzene rings is 2. The number of amides is 1. The molecule has 1 heterocycles. The lowest BCUT2D eigenvalue weighted by atomic mass is 9.91. The van der Waals surface area contributed by atoms with E-state index in [1.807, 2.05) is 35.2 Å². The lowest BCUT2D eigenvalue weighted by Crippen LogP contribution is -2.38. The summed E-state index contributed by atoms with van der Waals surface area (Å²) >= 11 is 0. The minimum absolute atomic E-state index is 0.0502. The molecule has 4 heteroatoms. The Hall–Kier alpha value is -2.62. The molecule has 0 fully saturated rings. The van der Waals surface area contributed by atoms with Crippen molar-refractivity contribution in [1.29, 1.82) is 0 Å². The Labute approximate surface area is 168 Å². The zero-order valence-corrected chi connectivity index (χ0v) is 17.3. The Balaban J connectivity index is 1.69. The van der Waals surface area contributed by atoms with Crippen molar-refractivity contribution in [3.8, 4) is 0 Å². The summed E-state index contributed by atoms with van der Waals surface area (Å²) in [5.74, 6) is 0.157. The molecule has 2 aromatic carbocycles. The Kier molecular flexibility index (Phi) is 6.18. The first-order chi connectivity index (χ1) is 13.3. The van der Waals surface area contributed by atoms with Gasteiger partial charge in [-0.15, -0.1) is 0 Å². The second kappa shape index (κ2) is 8.59. The third kappa shape index (κ3) is 5.44. The van der Waals surface area contributed by atoms with Gasteiger partial charge in [-0.1, -0.05) is 80.5 Å². The fourth-order valence-electron chi connectivity index (χ4n) is 3.45. The zero-order chi connectivity index (χ0) is 20.1. The van der Waals surface area contributed by atoms with Gasteiger partial charge in [0, 0.05) is 24.9 Å². The molecule has 0 spiro atoms. The maximum atomic E-state index is 13.0. The van der Waals surface area contributed by atoms with Crippen LogP contribution in [-0.4, -0.2) is 29.2 Å². The van der Waals surface area contributed by atoms with Crippen molar-refractivity contribution in [3.63, 3.8) is 0 Å². The van der Waals surface area contributed by atoms with Crippen molar-refractivity contribution in [3.05, 3.63) is 71.3 Å². The SMILES string of the molecule is Cc1ccccc1C1=NO[C@@H](CN(Cc2ccccc2)C(=O)CC(C)(C)C)C1. The summed E-state index contributed by atoms with van der Waals surface area (Å²) in [6.07, 6.45) is 1.12. The predicted octanol–water partition coefficient (Wildman–Crippen LogP) is 4.95. The van der Waals surface area contributed by atoms with Crippen molar-refractivity contribution in [1.82, 2.24) is 4.90 Å². The van der Waals surface area contributed by atoms with Gasteiger partial charge in [-0.05, 0) is 23.5 Å². The molecule has 0 unspecified atom stereocenters. The molecule has 2 aromatic rings. The Morgan fingerprint density at radius 1 is 1.11 bits per heavy atom. The summed E-state index contributed by atoms with van der Waals surface area (Å²) in [4.78, 5) is 20.6. The number of nitrogens with zero attached hydrogens (tertiary/aromatic N) is 2. The van der Waals surface area contributed by atoms with Gasteiger partial charge in [-0.25, -0.2) is 0 Å². The molecule has 0 aromatic heterocycles. The quantitative estimate of drug-likeness (QED) is 0.713. The van der Waals surface area contributed by atoms with Crippen LogP contribution in [0.1, 0.15) is 50.3 Å². The molecular formula is C24H30N2O2. The van der Waals surface area contributed by atoms with Crippen molar-refractivity contribution in [2.75, 3.05) is 6.54 Å². The average Bonchev–Trinajstić information content (AvgIpc) is 3.09. The van der Waals surface area contributed by atoms with Crippen LogP contribution in [0.4, 0.5) is 0 Å². The summed E-state index contributed by atoms with van der Waals surface area (Å²) in [6, 6.07) is 18.3. The van der Waals surface area contributed by atoms with E-state index >= 15 is 0 Å². The lowest BCUT2D eigenvalue weighted by molar-refractivity contribution is -0.135. The Bertz CT molecular complexity index is 837. The molecule has 4 nitrogen and oxygen atoms in total. The zero-order valence-electron chi connectivity index (χ0n) is 17.3. The van der Waals surface area contributed by atoms with Crippen molar-refractivity contribution in [2.24, 2.45) is 10.6 Å². The van der Waals surface area contributed by atoms with Crippen molar-refractivity contribution < 1.29 is 9.63 Å². The molecule has 3 rings (SSSR count). The molecule has 0 saturated carbocycles. The van der Waals surface area contributed by atoms with Gasteiger partial charge in [0.25, 0.3) is 0 Å². The lowest BCUT2D eigenvalue weighted by Gasteiger charge is -2.28. The minimum Gasteiger partial charge on any atom is -0.390 e. The van der Waals surface area contributed by atoms with Crippen LogP contribution in [0.3, 0.4) is 0 Å². The van der Waals surface area contributed by atoms with E-state index in [-0.39, 0.29) is 17.4 Å². The maximum absolute atomic E-state index is 13.0. The Morgan fingerprint density at radius 2 is 1.79 bits per heavy atom. The molecule has 0 aliphatic carbocycles. The monoisotopic (exact) mass is 378 g/mol. The van der Waals surface area contributed by atoms with Gasteiger partial charge in [0.1, 0.15) is 0 Å². The minimum atomic E-state index is -0.109. The van der Waals surface area contributed by atoms with E-state index in [2.05, 4.69) is 57.1 Å². The van der Waals surface area contributed by atoms with E-state index in [1.54, 1.807) is 0 Å². The molecule has 0 saturated heterocycles. The van der Waals surface area contributed by atoms with Gasteiger partial charge >= 0.3 is 0 Å². The van der Waals surface area contributed by atoms with Crippen LogP contribution >= 0.6 is 0 Å². The Morgan fingerprint density at radius 3 is 2.46 bits per heavy atom. The molecule has 1 aliphatic rings. The first kappa shape index (κ1) is 20.1. The number of carbonyl (C=O) groups is 1. The predicted molar refractivity (Wildman–Crippen MR) is 113 cm³/mol. The average molecular weight is 379 g/mol. The van der Waals surface area contributed by atoms with Gasteiger partial charge in [-0.2, -0.15) is 0 Å². The summed E-state index contributed by atoms with van der Waals surface area (Å²) < 4.78 is 0. The molecule has 0 bridgehead atoms. The molecule has 0 radical (unpaired) electrons. The van der Waals surface area contributed by atoms with Crippen LogP contribution in [0.25, 0.3) is 0 Å². The van der Waals surface area contributed by atoms with Crippen LogP contribution in [0.15, 0.2) is 59.8 Å². The summed E-state index contributed by atoms with van der Waals surface area (Å²) in [5, 5.41) is 4.32. The third-order valence-electron chi connectivity index (χ3n) is 4.86. The molecule has 1 aliphatic heterocycles. The van der Waals surface area contributed by atoms with Gasteiger partial charge in [0.05, 0.1) is 12.3 Å². The molecule has 1 amide bonds. The highest BCUT2D eigenvalue weighted by Gasteiger charge is 2.29. The molecule has 1 atom stereocenters. The fourth-order valence-corrected chi connectivity index (χ4v) is 3.45. The van der Waals surface area contributed by atoms with Crippen LogP contribution < -0.4 is 0 Å². The number of aryl methyl sites for hydroxylation is 1. The van der Waals surface area contributed by atoms with E-state index in [0.29, 0.717) is 19.5 Å². The largest absolute Gasteiger partial charge is 0.390 e. The summed E-state index contributed by atoms with van der Waals surface area (Å²) in [6.45, 7) is 9.50. The normalized spacial score (nSPS) is 16.4. The smallest absolute Gasteiger partial charge is 0.223 e. The van der Waals surface area contributed by atoms with Gasteiger partial charge in [-0.3, -0.25) is 4.79 Å². The third-order valence-corrected chi connectivity index (χ3v) is 4.86. The van der Waals surface area contributed by atoms with E-state index in [1.165, 1.54) is 5.56 Å². The maximum Gasteiger partial charge on any atom is 0.223 e. The van der Waals surface area contributed by atoms with Gasteiger partial charge < -0.3 is 9.74 Å². The highest BCUT2D eigenvalue weighted by Crippen LogP contribution is 2.24. The first-order valence-corrected chi connectivity index (χ1v) is 9.92. The van der Waals surface area contributed by atoms with Crippen molar-refractivity contribution in [2.45, 2.75) is 53.2 Å². The standard InChI is InChI=1S/C24H30N2O2/c1-18-10-8-9-13-21(18)22-14-20(28-25-22)17-26(23(27)15-24(2,3)4)16-19-11-6-5-7-12-19/h5-13,20H,14-17H2,1-4H3/t20-/m1/s1. The van der Waals surface area contributed by atoms with Crippen LogP contribution in [0.2, 0.25) is 0 Å². The number of hydrogen-bond donors (Lipinski definition) is 0. The second-order valence-electron chi connectivity index (χ2n) is 8.78. The highest BCUT2D eigenvalue weighted by atomic mass is 16.6. The van der Waals surface area contributed by atoms with Crippen LogP contribution in [0, 0.1) is 12.3 Å². The number of carbonyl (C=O) groups excluding carboxylic acids is 1. The second-order valence-corrected chi connectivity index (χ2v) is 8.78. The topological polar surface area (TPSA) is 41.9 Å². The van der Waals surface area contributed by atoms with E-state index in [9.17, 15) is 4.79 Å². The number of rotatable bonds is 6. The van der Waals surface area contributed by atoms with Gasteiger partial charge in [0.2, 0.25) is 5.91 Å². The van der Waals surface area contributed by atoms with Crippen LogP contribution in [0.5, 0.6) is 0 Å². The van der Waals surface area contributed by atoms with E-state index in [0.717, 1.165) is 23.3 Å². The number of oxime groups is 1. The summed E-state index contributed by atoms with van der Waals surface area (Å²) in [5.41, 5.74) is 4.36. The van der Waals surface area contributed by atoms with Crippen LogP contribution in [-0.2, 0) is 16.2 Å².